The molecule has 0 aliphatic carbocycles. The summed E-state index contributed by atoms with van der Waals surface area (Å²) in [7, 11) is 3.35. The van der Waals surface area contributed by atoms with Crippen LogP contribution < -0.4 is 18.9 Å². The molecule has 0 heterocycles. The Kier molecular flexibility index (Phi) is 6.87. The van der Waals surface area contributed by atoms with E-state index in [0.717, 1.165) is 28.6 Å². The Morgan fingerprint density at radius 1 is 0.643 bits per heavy atom. The highest BCUT2D eigenvalue weighted by molar-refractivity contribution is 5.49. The highest BCUT2D eigenvalue weighted by atomic mass is 16.5. The topological polar surface area (TPSA) is 36.9 Å². The molecule has 0 aromatic heterocycles. The van der Waals surface area contributed by atoms with Gasteiger partial charge in [0.15, 0.2) is 11.5 Å². The van der Waals surface area contributed by atoms with Gasteiger partial charge >= 0.3 is 0 Å². The average Bonchev–Trinajstić information content (AvgIpc) is 2.63. The first-order valence-corrected chi connectivity index (χ1v) is 9.69. The van der Waals surface area contributed by atoms with Crippen LogP contribution in [0.5, 0.6) is 23.0 Å². The zero-order valence-corrected chi connectivity index (χ0v) is 18.5. The monoisotopic (exact) mass is 386 g/mol. The van der Waals surface area contributed by atoms with Gasteiger partial charge in [0.1, 0.15) is 24.7 Å². The lowest BCUT2D eigenvalue weighted by Gasteiger charge is -2.25. The summed E-state index contributed by atoms with van der Waals surface area (Å²) < 4.78 is 23.0. The van der Waals surface area contributed by atoms with Gasteiger partial charge in [-0.25, -0.2) is 0 Å². The molecule has 2 rings (SSSR count). The van der Waals surface area contributed by atoms with E-state index in [1.54, 1.807) is 14.2 Å². The van der Waals surface area contributed by atoms with Crippen molar-refractivity contribution in [3.8, 4) is 23.0 Å². The molecule has 0 bridgehead atoms. The molecular formula is C24H34O4. The molecule has 2 aromatic carbocycles. The SMILES string of the molecule is COc1cc(C(C)(C)C)ccc1OCCOc1cccc(OC)c1C(C)(C)C. The van der Waals surface area contributed by atoms with Gasteiger partial charge in [0.25, 0.3) is 0 Å². The van der Waals surface area contributed by atoms with E-state index < -0.39 is 0 Å². The highest BCUT2D eigenvalue weighted by Gasteiger charge is 2.23. The van der Waals surface area contributed by atoms with Crippen molar-refractivity contribution < 1.29 is 18.9 Å². The fourth-order valence-electron chi connectivity index (χ4n) is 3.10. The lowest BCUT2D eigenvalue weighted by Crippen LogP contribution is -2.17. The van der Waals surface area contributed by atoms with E-state index in [9.17, 15) is 0 Å². The maximum absolute atomic E-state index is 6.03. The molecule has 0 amide bonds. The van der Waals surface area contributed by atoms with Crippen molar-refractivity contribution in [2.75, 3.05) is 27.4 Å². The summed E-state index contributed by atoms with van der Waals surface area (Å²) in [5.74, 6) is 3.13. The van der Waals surface area contributed by atoms with E-state index in [4.69, 9.17) is 18.9 Å². The Morgan fingerprint density at radius 2 is 1.21 bits per heavy atom. The molecule has 0 unspecified atom stereocenters. The predicted molar refractivity (Wildman–Crippen MR) is 114 cm³/mol. The van der Waals surface area contributed by atoms with Crippen LogP contribution in [0.15, 0.2) is 36.4 Å². The van der Waals surface area contributed by atoms with Gasteiger partial charge in [-0.05, 0) is 40.7 Å². The van der Waals surface area contributed by atoms with Gasteiger partial charge in [-0.2, -0.15) is 0 Å². The van der Waals surface area contributed by atoms with Crippen LogP contribution in [-0.4, -0.2) is 27.4 Å². The molecule has 0 radical (unpaired) electrons. The van der Waals surface area contributed by atoms with Crippen LogP contribution in [0, 0.1) is 0 Å². The molecule has 154 valence electrons. The van der Waals surface area contributed by atoms with E-state index in [1.165, 1.54) is 5.56 Å². The molecule has 0 fully saturated rings. The summed E-state index contributed by atoms with van der Waals surface area (Å²) in [6.45, 7) is 13.8. The number of hydrogen-bond acceptors (Lipinski definition) is 4. The van der Waals surface area contributed by atoms with Crippen LogP contribution in [-0.2, 0) is 10.8 Å². The highest BCUT2D eigenvalue weighted by Crippen LogP contribution is 2.38. The van der Waals surface area contributed by atoms with E-state index in [2.05, 4.69) is 47.6 Å². The summed E-state index contributed by atoms with van der Waals surface area (Å²) in [5, 5.41) is 0. The Bertz CT molecular complexity index is 782. The molecule has 0 N–H and O–H groups in total. The molecule has 0 saturated carbocycles. The number of ether oxygens (including phenoxy) is 4. The van der Waals surface area contributed by atoms with E-state index in [0.29, 0.717) is 13.2 Å². The second kappa shape index (κ2) is 8.76. The van der Waals surface area contributed by atoms with Gasteiger partial charge in [0.05, 0.1) is 14.2 Å². The summed E-state index contributed by atoms with van der Waals surface area (Å²) in [6, 6.07) is 12.0. The van der Waals surface area contributed by atoms with Crippen LogP contribution >= 0.6 is 0 Å². The van der Waals surface area contributed by atoms with E-state index in [1.807, 2.05) is 30.3 Å². The van der Waals surface area contributed by atoms with Crippen LogP contribution in [0.1, 0.15) is 52.7 Å². The van der Waals surface area contributed by atoms with Crippen LogP contribution in [0.25, 0.3) is 0 Å². The van der Waals surface area contributed by atoms with Crippen molar-refractivity contribution in [2.24, 2.45) is 0 Å². The molecule has 0 atom stereocenters. The minimum absolute atomic E-state index is 0.0602. The van der Waals surface area contributed by atoms with Crippen molar-refractivity contribution in [1.82, 2.24) is 0 Å². The molecule has 0 saturated heterocycles. The third kappa shape index (κ3) is 5.34. The zero-order valence-electron chi connectivity index (χ0n) is 18.5. The first-order valence-electron chi connectivity index (χ1n) is 9.69. The van der Waals surface area contributed by atoms with Gasteiger partial charge < -0.3 is 18.9 Å². The summed E-state index contributed by atoms with van der Waals surface area (Å²) in [5.41, 5.74) is 2.24. The fraction of sp³-hybridized carbons (Fsp3) is 0.500. The first kappa shape index (κ1) is 21.9. The molecule has 28 heavy (non-hydrogen) atoms. The molecule has 4 nitrogen and oxygen atoms in total. The van der Waals surface area contributed by atoms with Gasteiger partial charge in [-0.15, -0.1) is 0 Å². The minimum atomic E-state index is -0.0885. The van der Waals surface area contributed by atoms with Gasteiger partial charge in [-0.1, -0.05) is 53.7 Å². The lowest BCUT2D eigenvalue weighted by atomic mass is 9.85. The van der Waals surface area contributed by atoms with Crippen LogP contribution in [0.3, 0.4) is 0 Å². The maximum atomic E-state index is 6.03. The molecule has 0 aliphatic heterocycles. The first-order chi connectivity index (χ1) is 13.1. The second-order valence-corrected chi connectivity index (χ2v) is 8.90. The number of rotatable bonds is 7. The van der Waals surface area contributed by atoms with Crippen molar-refractivity contribution in [1.29, 1.82) is 0 Å². The van der Waals surface area contributed by atoms with E-state index in [-0.39, 0.29) is 10.8 Å². The molecule has 0 spiro atoms. The maximum Gasteiger partial charge on any atom is 0.161 e. The Hall–Kier alpha value is -2.36. The Labute approximate surface area is 169 Å². The third-order valence-electron chi connectivity index (χ3n) is 4.59. The quantitative estimate of drug-likeness (QED) is 0.567. The number of methoxy groups -OCH3 is 2. The minimum Gasteiger partial charge on any atom is -0.496 e. The van der Waals surface area contributed by atoms with Crippen LogP contribution in [0.4, 0.5) is 0 Å². The average molecular weight is 387 g/mol. The van der Waals surface area contributed by atoms with Crippen molar-refractivity contribution in [2.45, 2.75) is 52.4 Å². The van der Waals surface area contributed by atoms with Crippen molar-refractivity contribution in [3.63, 3.8) is 0 Å². The fourth-order valence-corrected chi connectivity index (χ4v) is 3.10. The second-order valence-electron chi connectivity index (χ2n) is 8.90. The summed E-state index contributed by atoms with van der Waals surface area (Å²) in [6.07, 6.45) is 0. The largest absolute Gasteiger partial charge is 0.496 e. The lowest BCUT2D eigenvalue weighted by molar-refractivity contribution is 0.207. The van der Waals surface area contributed by atoms with E-state index >= 15 is 0 Å². The number of hydrogen-bond donors (Lipinski definition) is 0. The standard InChI is InChI=1S/C24H34O4/c1-23(2,3)17-12-13-18(21(16-17)26-8)27-14-15-28-20-11-9-10-19(25-7)22(20)24(4,5)6/h9-13,16H,14-15H2,1-8H3. The molecular weight excluding hydrogens is 352 g/mol. The van der Waals surface area contributed by atoms with Gasteiger partial charge in [-0.3, -0.25) is 0 Å². The zero-order chi connectivity index (χ0) is 20.9. The van der Waals surface area contributed by atoms with Gasteiger partial charge in [0.2, 0.25) is 0 Å². The van der Waals surface area contributed by atoms with Gasteiger partial charge in [0, 0.05) is 5.56 Å². The van der Waals surface area contributed by atoms with Crippen molar-refractivity contribution >= 4 is 0 Å². The molecule has 2 aromatic rings. The normalized spacial score (nSPS) is 11.9. The summed E-state index contributed by atoms with van der Waals surface area (Å²) >= 11 is 0. The summed E-state index contributed by atoms with van der Waals surface area (Å²) in [4.78, 5) is 0. The molecule has 4 heteroatoms. The predicted octanol–water partition coefficient (Wildman–Crippen LogP) is 5.76. The Morgan fingerprint density at radius 3 is 1.75 bits per heavy atom. The number of benzene rings is 2. The van der Waals surface area contributed by atoms with Crippen molar-refractivity contribution in [3.05, 3.63) is 47.5 Å². The third-order valence-corrected chi connectivity index (χ3v) is 4.59. The smallest absolute Gasteiger partial charge is 0.161 e. The molecule has 0 aliphatic rings. The van der Waals surface area contributed by atoms with Crippen LogP contribution in [0.2, 0.25) is 0 Å². The Balaban J connectivity index is 2.06.